The van der Waals surface area contributed by atoms with E-state index in [9.17, 15) is 9.90 Å². The van der Waals surface area contributed by atoms with E-state index in [0.29, 0.717) is 29.3 Å². The number of hydrogen-bond acceptors (Lipinski definition) is 5. The first-order valence-corrected chi connectivity index (χ1v) is 12.0. The average Bonchev–Trinajstić information content (AvgIpc) is 3.48. The molecule has 8 nitrogen and oxygen atoms in total. The van der Waals surface area contributed by atoms with Crippen molar-refractivity contribution in [3.8, 4) is 11.1 Å². The van der Waals surface area contributed by atoms with Crippen LogP contribution in [0.15, 0.2) is 36.9 Å². The second kappa shape index (κ2) is 9.10. The number of aromatic nitrogens is 4. The second-order valence-corrected chi connectivity index (χ2v) is 9.62. The molecule has 2 aromatic heterocycles. The summed E-state index contributed by atoms with van der Waals surface area (Å²) < 4.78 is 2.33. The van der Waals surface area contributed by atoms with Gasteiger partial charge in [0.15, 0.2) is 0 Å². The molecular weight excluding hydrogens is 428 g/mol. The molecule has 178 valence electrons. The molecule has 0 radical (unpaired) electrons. The van der Waals surface area contributed by atoms with Crippen molar-refractivity contribution in [3.05, 3.63) is 42.5 Å². The highest BCUT2D eigenvalue weighted by molar-refractivity contribution is 6.11. The summed E-state index contributed by atoms with van der Waals surface area (Å²) in [5.74, 6) is -0.964. The molecule has 1 aliphatic carbocycles. The van der Waals surface area contributed by atoms with Crippen molar-refractivity contribution < 1.29 is 9.90 Å². The van der Waals surface area contributed by atoms with Crippen molar-refractivity contribution in [2.75, 3.05) is 39.1 Å². The standard InChI is InChI=1S/C26H32N6O2/c1-30(2)11-12-31(3)22-14-19(24-25(28-15-27-24)23(22)26(33)34)17-9-10-21-20(13-17)29-16-32(21)18-7-5-4-6-8-18/h9-10,13-16,18H,4-8,11-12H2,1-3H3,(H,27,28)(H,33,34). The first-order valence-electron chi connectivity index (χ1n) is 12.0. The van der Waals surface area contributed by atoms with E-state index in [1.54, 1.807) is 6.33 Å². The van der Waals surface area contributed by atoms with Gasteiger partial charge in [0.05, 0.1) is 40.4 Å². The Morgan fingerprint density at radius 2 is 1.91 bits per heavy atom. The molecule has 2 N–H and O–H groups in total. The molecule has 1 fully saturated rings. The van der Waals surface area contributed by atoms with Crippen molar-refractivity contribution in [2.45, 2.75) is 38.1 Å². The summed E-state index contributed by atoms with van der Waals surface area (Å²) in [6, 6.07) is 8.83. The first kappa shape index (κ1) is 22.4. The van der Waals surface area contributed by atoms with Gasteiger partial charge in [0, 0.05) is 31.7 Å². The van der Waals surface area contributed by atoms with Gasteiger partial charge in [0.2, 0.25) is 0 Å². The maximum atomic E-state index is 12.3. The average molecular weight is 461 g/mol. The van der Waals surface area contributed by atoms with E-state index in [2.05, 4.69) is 37.6 Å². The summed E-state index contributed by atoms with van der Waals surface area (Å²) in [7, 11) is 5.96. The van der Waals surface area contributed by atoms with E-state index in [0.717, 1.165) is 28.7 Å². The number of carboxylic acid groups (broad SMARTS) is 1. The van der Waals surface area contributed by atoms with Crippen LogP contribution in [0.2, 0.25) is 0 Å². The van der Waals surface area contributed by atoms with Crippen LogP contribution in [0.4, 0.5) is 5.69 Å². The number of H-pyrrole nitrogens is 1. The molecule has 0 spiro atoms. The van der Waals surface area contributed by atoms with E-state index < -0.39 is 5.97 Å². The van der Waals surface area contributed by atoms with E-state index in [1.165, 1.54) is 32.1 Å². The van der Waals surface area contributed by atoms with Crippen molar-refractivity contribution in [1.82, 2.24) is 24.4 Å². The predicted molar refractivity (Wildman–Crippen MR) is 136 cm³/mol. The molecule has 1 saturated carbocycles. The predicted octanol–water partition coefficient (Wildman–Crippen LogP) is 4.78. The lowest BCUT2D eigenvalue weighted by atomic mass is 9.95. The van der Waals surface area contributed by atoms with Gasteiger partial charge in [0.1, 0.15) is 5.56 Å². The minimum Gasteiger partial charge on any atom is -0.478 e. The monoisotopic (exact) mass is 460 g/mol. The number of aromatic amines is 1. The largest absolute Gasteiger partial charge is 0.478 e. The normalized spacial score (nSPS) is 14.9. The van der Waals surface area contributed by atoms with Crippen LogP contribution in [0.25, 0.3) is 33.2 Å². The van der Waals surface area contributed by atoms with Crippen LogP contribution in [0.5, 0.6) is 0 Å². The summed E-state index contributed by atoms with van der Waals surface area (Å²) in [5.41, 5.74) is 6.13. The third-order valence-electron chi connectivity index (χ3n) is 7.04. The van der Waals surface area contributed by atoms with Crippen molar-refractivity contribution in [2.24, 2.45) is 0 Å². The van der Waals surface area contributed by atoms with Crippen LogP contribution in [-0.4, -0.2) is 69.7 Å². The molecular formula is C26H32N6O2. The van der Waals surface area contributed by atoms with E-state index in [1.807, 2.05) is 38.4 Å². The fraction of sp³-hybridized carbons (Fsp3) is 0.423. The Kier molecular flexibility index (Phi) is 6.00. The Balaban J connectivity index is 1.61. The Hall–Kier alpha value is -3.39. The molecule has 34 heavy (non-hydrogen) atoms. The highest BCUT2D eigenvalue weighted by Crippen LogP contribution is 2.37. The quantitative estimate of drug-likeness (QED) is 0.412. The number of likely N-dealkylation sites (N-methyl/N-ethyl adjacent to an activating group) is 2. The number of aromatic carboxylic acids is 1. The summed E-state index contributed by atoms with van der Waals surface area (Å²) in [5, 5.41) is 10.0. The zero-order chi connectivity index (χ0) is 23.8. The van der Waals surface area contributed by atoms with Gasteiger partial charge in [-0.25, -0.2) is 14.8 Å². The van der Waals surface area contributed by atoms with Gasteiger partial charge in [-0.3, -0.25) is 0 Å². The van der Waals surface area contributed by atoms with E-state index in [4.69, 9.17) is 4.98 Å². The zero-order valence-electron chi connectivity index (χ0n) is 20.1. The van der Waals surface area contributed by atoms with Crippen LogP contribution in [-0.2, 0) is 0 Å². The SMILES string of the molecule is CN(C)CCN(C)c1cc(-c2ccc3c(c2)ncn3C2CCCCC2)c2nc[nH]c2c1C(=O)O. The summed E-state index contributed by atoms with van der Waals surface area (Å²) in [6.45, 7) is 1.52. The molecule has 2 heterocycles. The van der Waals surface area contributed by atoms with Crippen LogP contribution in [0, 0.1) is 0 Å². The van der Waals surface area contributed by atoms with Gasteiger partial charge in [-0.2, -0.15) is 0 Å². The number of carboxylic acids is 1. The summed E-state index contributed by atoms with van der Waals surface area (Å²) in [6.07, 6.45) is 9.84. The van der Waals surface area contributed by atoms with Crippen LogP contribution < -0.4 is 4.90 Å². The topological polar surface area (TPSA) is 90.3 Å². The van der Waals surface area contributed by atoms with Crippen LogP contribution in [0.1, 0.15) is 48.5 Å². The smallest absolute Gasteiger partial charge is 0.340 e. The Labute approximate surface area is 199 Å². The molecule has 2 aromatic carbocycles. The Bertz CT molecular complexity index is 1330. The number of rotatable bonds is 7. The third kappa shape index (κ3) is 4.03. The number of carbonyl (C=O) groups is 1. The highest BCUT2D eigenvalue weighted by atomic mass is 16.4. The number of nitrogens with one attached hydrogen (secondary N) is 1. The molecule has 4 aromatic rings. The number of nitrogens with zero attached hydrogens (tertiary/aromatic N) is 5. The number of imidazole rings is 2. The van der Waals surface area contributed by atoms with E-state index in [-0.39, 0.29) is 5.56 Å². The molecule has 0 atom stereocenters. The fourth-order valence-electron chi connectivity index (χ4n) is 5.15. The maximum absolute atomic E-state index is 12.3. The maximum Gasteiger partial charge on any atom is 0.340 e. The minimum atomic E-state index is -0.964. The van der Waals surface area contributed by atoms with Crippen molar-refractivity contribution >= 4 is 33.7 Å². The van der Waals surface area contributed by atoms with Gasteiger partial charge >= 0.3 is 5.97 Å². The van der Waals surface area contributed by atoms with Gasteiger partial charge in [0.25, 0.3) is 0 Å². The second-order valence-electron chi connectivity index (χ2n) is 9.62. The molecule has 5 rings (SSSR count). The first-order chi connectivity index (χ1) is 16.4. The van der Waals surface area contributed by atoms with Gasteiger partial charge < -0.3 is 24.5 Å². The number of fused-ring (bicyclic) bond motifs is 2. The Morgan fingerprint density at radius 1 is 1.12 bits per heavy atom. The molecule has 0 amide bonds. The minimum absolute atomic E-state index is 0.250. The van der Waals surface area contributed by atoms with E-state index >= 15 is 0 Å². The number of anilines is 1. The van der Waals surface area contributed by atoms with Crippen molar-refractivity contribution in [3.63, 3.8) is 0 Å². The van der Waals surface area contributed by atoms with Crippen molar-refractivity contribution in [1.29, 1.82) is 0 Å². The fourth-order valence-corrected chi connectivity index (χ4v) is 5.15. The summed E-state index contributed by atoms with van der Waals surface area (Å²) >= 11 is 0. The molecule has 0 saturated heterocycles. The number of hydrogen-bond donors (Lipinski definition) is 2. The molecule has 1 aliphatic rings. The Morgan fingerprint density at radius 3 is 2.65 bits per heavy atom. The van der Waals surface area contributed by atoms with Gasteiger partial charge in [-0.15, -0.1) is 0 Å². The summed E-state index contributed by atoms with van der Waals surface area (Å²) in [4.78, 5) is 28.6. The highest BCUT2D eigenvalue weighted by Gasteiger charge is 2.23. The number of benzene rings is 2. The zero-order valence-corrected chi connectivity index (χ0v) is 20.1. The lowest BCUT2D eigenvalue weighted by Gasteiger charge is -2.24. The lowest BCUT2D eigenvalue weighted by Crippen LogP contribution is -2.29. The van der Waals surface area contributed by atoms with Gasteiger partial charge in [-0.05, 0) is 50.7 Å². The van der Waals surface area contributed by atoms with Gasteiger partial charge in [-0.1, -0.05) is 25.3 Å². The molecule has 0 aliphatic heterocycles. The molecule has 8 heteroatoms. The third-order valence-corrected chi connectivity index (χ3v) is 7.04. The molecule has 0 bridgehead atoms. The lowest BCUT2D eigenvalue weighted by molar-refractivity contribution is 0.0699. The van der Waals surface area contributed by atoms with Crippen LogP contribution >= 0.6 is 0 Å². The van der Waals surface area contributed by atoms with Crippen LogP contribution in [0.3, 0.4) is 0 Å². The molecule has 0 unspecified atom stereocenters.